The molecule has 0 saturated carbocycles. The van der Waals surface area contributed by atoms with Gasteiger partial charge in [0.05, 0.1) is 11.7 Å². The third-order valence-corrected chi connectivity index (χ3v) is 8.39. The molecule has 2 aliphatic rings. The van der Waals surface area contributed by atoms with Crippen molar-refractivity contribution in [2.24, 2.45) is 5.92 Å². The Kier molecular flexibility index (Phi) is 7.48. The third-order valence-electron chi connectivity index (χ3n) is 6.46. The van der Waals surface area contributed by atoms with Gasteiger partial charge in [-0.25, -0.2) is 12.7 Å². The molecule has 0 bridgehead atoms. The molecule has 2 heterocycles. The summed E-state index contributed by atoms with van der Waals surface area (Å²) in [6.45, 7) is 2.94. The van der Waals surface area contributed by atoms with Crippen molar-refractivity contribution in [1.82, 2.24) is 4.31 Å². The van der Waals surface area contributed by atoms with Crippen LogP contribution in [0.5, 0.6) is 0 Å². The van der Waals surface area contributed by atoms with Gasteiger partial charge in [-0.3, -0.25) is 4.79 Å². The van der Waals surface area contributed by atoms with Crippen LogP contribution in [0.15, 0.2) is 54.6 Å². The van der Waals surface area contributed by atoms with Gasteiger partial charge in [0.15, 0.2) is 0 Å². The number of amides is 1. The first-order valence-corrected chi connectivity index (χ1v) is 13.3. The van der Waals surface area contributed by atoms with E-state index >= 15 is 0 Å². The van der Waals surface area contributed by atoms with Crippen molar-refractivity contribution >= 4 is 27.3 Å². The van der Waals surface area contributed by atoms with Gasteiger partial charge in [-0.05, 0) is 68.4 Å². The third kappa shape index (κ3) is 5.90. The Hall–Kier alpha value is -2.38. The van der Waals surface area contributed by atoms with E-state index in [1.54, 1.807) is 0 Å². The number of benzene rings is 2. The Labute approximate surface area is 191 Å². The van der Waals surface area contributed by atoms with E-state index in [-0.39, 0.29) is 24.1 Å². The Balaban J connectivity index is 1.29. The minimum Gasteiger partial charge on any atom is -0.372 e. The van der Waals surface area contributed by atoms with E-state index in [1.165, 1.54) is 22.8 Å². The van der Waals surface area contributed by atoms with Gasteiger partial charge >= 0.3 is 0 Å². The van der Waals surface area contributed by atoms with Crippen molar-refractivity contribution in [3.8, 4) is 0 Å². The number of aryl methyl sites for hydroxylation is 1. The second kappa shape index (κ2) is 10.5. The van der Waals surface area contributed by atoms with E-state index in [9.17, 15) is 13.2 Å². The fourth-order valence-corrected chi connectivity index (χ4v) is 6.20. The fourth-order valence-electron chi connectivity index (χ4n) is 4.62. The van der Waals surface area contributed by atoms with Gasteiger partial charge in [-0.1, -0.05) is 30.3 Å². The second-order valence-corrected chi connectivity index (χ2v) is 10.9. The maximum absolute atomic E-state index is 12.9. The summed E-state index contributed by atoms with van der Waals surface area (Å²) in [6, 6.07) is 17.9. The molecule has 2 fully saturated rings. The molecule has 4 rings (SSSR count). The number of carbonyl (C=O) groups is 1. The standard InChI is InChI=1S/C25H33N3O3S/c29-25(26-23-12-14-24(15-13-23)27-16-4-5-17-27)22-11-6-18-28(20-22)32(30,31)19-7-10-21-8-2-1-3-9-21/h1-3,8-9,12-15,22H,4-7,10-11,16-20H2,(H,26,29)/t22-/m0/s1. The van der Waals surface area contributed by atoms with Gasteiger partial charge in [0.25, 0.3) is 0 Å². The minimum absolute atomic E-state index is 0.0943. The van der Waals surface area contributed by atoms with Crippen LogP contribution < -0.4 is 10.2 Å². The van der Waals surface area contributed by atoms with Gasteiger partial charge in [-0.15, -0.1) is 0 Å². The van der Waals surface area contributed by atoms with Crippen LogP contribution in [0.2, 0.25) is 0 Å². The summed E-state index contributed by atoms with van der Waals surface area (Å²) in [5.41, 5.74) is 3.10. The van der Waals surface area contributed by atoms with Crippen molar-refractivity contribution in [3.05, 3.63) is 60.2 Å². The second-order valence-electron chi connectivity index (χ2n) is 8.83. The molecule has 0 aliphatic carbocycles. The molecule has 0 radical (unpaired) electrons. The highest BCUT2D eigenvalue weighted by molar-refractivity contribution is 7.89. The molecule has 2 aliphatic heterocycles. The quantitative estimate of drug-likeness (QED) is 0.655. The number of rotatable bonds is 8. The van der Waals surface area contributed by atoms with E-state index in [2.05, 4.69) is 10.2 Å². The Morgan fingerprint density at radius 1 is 0.938 bits per heavy atom. The average Bonchev–Trinajstić information content (AvgIpc) is 3.35. The SMILES string of the molecule is O=C(Nc1ccc(N2CCCC2)cc1)[C@H]1CCCN(S(=O)(=O)CCCc2ccccc2)C1. The van der Waals surface area contributed by atoms with Gasteiger partial charge in [0.1, 0.15) is 0 Å². The molecular weight excluding hydrogens is 422 g/mol. The lowest BCUT2D eigenvalue weighted by Crippen LogP contribution is -2.44. The molecule has 2 aromatic rings. The molecular formula is C25H33N3O3S. The van der Waals surface area contributed by atoms with Gasteiger partial charge in [0, 0.05) is 37.6 Å². The number of anilines is 2. The molecule has 1 atom stereocenters. The summed E-state index contributed by atoms with van der Waals surface area (Å²) in [4.78, 5) is 15.2. The molecule has 0 aromatic heterocycles. The van der Waals surface area contributed by atoms with Crippen molar-refractivity contribution in [2.75, 3.05) is 42.1 Å². The summed E-state index contributed by atoms with van der Waals surface area (Å²) >= 11 is 0. The van der Waals surface area contributed by atoms with Gasteiger partial charge in [-0.2, -0.15) is 0 Å². The first-order chi connectivity index (χ1) is 15.5. The molecule has 1 amide bonds. The molecule has 0 spiro atoms. The van der Waals surface area contributed by atoms with Crippen molar-refractivity contribution < 1.29 is 13.2 Å². The van der Waals surface area contributed by atoms with Gasteiger partial charge in [0.2, 0.25) is 15.9 Å². The zero-order valence-electron chi connectivity index (χ0n) is 18.6. The normalized spacial score (nSPS) is 19.8. The zero-order valence-corrected chi connectivity index (χ0v) is 19.4. The monoisotopic (exact) mass is 455 g/mol. The number of piperidine rings is 1. The number of nitrogens with zero attached hydrogens (tertiary/aromatic N) is 2. The average molecular weight is 456 g/mol. The molecule has 1 N–H and O–H groups in total. The van der Waals surface area contributed by atoms with Crippen LogP contribution in [-0.4, -0.2) is 50.6 Å². The molecule has 172 valence electrons. The molecule has 2 aromatic carbocycles. The predicted octanol–water partition coefficient (Wildman–Crippen LogP) is 3.90. The number of hydrogen-bond donors (Lipinski definition) is 1. The first kappa shape index (κ1) is 22.8. The highest BCUT2D eigenvalue weighted by Gasteiger charge is 2.32. The largest absolute Gasteiger partial charge is 0.372 e. The molecule has 0 unspecified atom stereocenters. The van der Waals surface area contributed by atoms with E-state index in [0.29, 0.717) is 25.8 Å². The fraction of sp³-hybridized carbons (Fsp3) is 0.480. The van der Waals surface area contributed by atoms with Crippen LogP contribution in [0.1, 0.15) is 37.7 Å². The van der Waals surface area contributed by atoms with Crippen LogP contribution in [0.4, 0.5) is 11.4 Å². The Morgan fingerprint density at radius 3 is 2.38 bits per heavy atom. The summed E-state index contributed by atoms with van der Waals surface area (Å²) in [6.07, 6.45) is 5.21. The maximum atomic E-state index is 12.9. The Morgan fingerprint density at radius 2 is 1.66 bits per heavy atom. The van der Waals surface area contributed by atoms with E-state index in [1.807, 2.05) is 54.6 Å². The summed E-state index contributed by atoms with van der Waals surface area (Å²) < 4.78 is 27.2. The number of nitrogens with one attached hydrogen (secondary N) is 1. The topological polar surface area (TPSA) is 69.7 Å². The summed E-state index contributed by atoms with van der Waals surface area (Å²) in [5.74, 6) is -0.289. The van der Waals surface area contributed by atoms with Crippen LogP contribution >= 0.6 is 0 Å². The number of sulfonamides is 1. The maximum Gasteiger partial charge on any atom is 0.228 e. The van der Waals surface area contributed by atoms with Crippen LogP contribution in [0.3, 0.4) is 0 Å². The smallest absolute Gasteiger partial charge is 0.228 e. The predicted molar refractivity (Wildman–Crippen MR) is 129 cm³/mol. The zero-order chi connectivity index (χ0) is 22.4. The molecule has 2 saturated heterocycles. The van der Waals surface area contributed by atoms with Crippen molar-refractivity contribution in [1.29, 1.82) is 0 Å². The number of hydrogen-bond acceptors (Lipinski definition) is 4. The summed E-state index contributed by atoms with van der Waals surface area (Å²) in [5, 5.41) is 2.99. The van der Waals surface area contributed by atoms with E-state index in [0.717, 1.165) is 30.8 Å². The lowest BCUT2D eigenvalue weighted by Gasteiger charge is -2.31. The van der Waals surface area contributed by atoms with Crippen LogP contribution in [0, 0.1) is 5.92 Å². The number of carbonyl (C=O) groups excluding carboxylic acids is 1. The van der Waals surface area contributed by atoms with E-state index in [4.69, 9.17) is 0 Å². The highest BCUT2D eigenvalue weighted by atomic mass is 32.2. The molecule has 7 heteroatoms. The van der Waals surface area contributed by atoms with Crippen molar-refractivity contribution in [2.45, 2.75) is 38.5 Å². The molecule has 6 nitrogen and oxygen atoms in total. The van der Waals surface area contributed by atoms with Crippen molar-refractivity contribution in [3.63, 3.8) is 0 Å². The summed E-state index contributed by atoms with van der Waals surface area (Å²) in [7, 11) is -3.36. The van der Waals surface area contributed by atoms with Crippen LogP contribution in [0.25, 0.3) is 0 Å². The van der Waals surface area contributed by atoms with Crippen LogP contribution in [-0.2, 0) is 21.2 Å². The lowest BCUT2D eigenvalue weighted by atomic mass is 9.98. The minimum atomic E-state index is -3.36. The first-order valence-electron chi connectivity index (χ1n) is 11.7. The lowest BCUT2D eigenvalue weighted by molar-refractivity contribution is -0.120. The highest BCUT2D eigenvalue weighted by Crippen LogP contribution is 2.24. The molecule has 32 heavy (non-hydrogen) atoms. The Bertz CT molecular complexity index is 987. The van der Waals surface area contributed by atoms with E-state index < -0.39 is 10.0 Å². The van der Waals surface area contributed by atoms with Gasteiger partial charge < -0.3 is 10.2 Å².